The lowest BCUT2D eigenvalue weighted by atomic mass is 10.3. The van der Waals surface area contributed by atoms with Crippen molar-refractivity contribution in [2.24, 2.45) is 0 Å². The molecule has 0 radical (unpaired) electrons. The molecule has 3 N–H and O–H groups in total. The van der Waals surface area contributed by atoms with E-state index in [1.54, 1.807) is 0 Å². The molecular weight excluding hydrogens is 196 g/mol. The molecule has 0 atom stereocenters. The summed E-state index contributed by atoms with van der Waals surface area (Å²) in [5.41, 5.74) is 1.89. The summed E-state index contributed by atoms with van der Waals surface area (Å²) in [6.45, 7) is 0. The molecule has 0 bridgehead atoms. The van der Waals surface area contributed by atoms with Crippen molar-refractivity contribution < 1.29 is 20.2 Å². The van der Waals surface area contributed by atoms with E-state index in [9.17, 15) is 4.79 Å². The van der Waals surface area contributed by atoms with Crippen LogP contribution in [-0.4, -0.2) is 23.2 Å². The maximum Gasteiger partial charge on any atom is 0.356 e. The highest BCUT2D eigenvalue weighted by Crippen LogP contribution is 2.15. The average Bonchev–Trinajstić information content (AvgIpc) is 2.04. The van der Waals surface area contributed by atoms with E-state index in [0.717, 1.165) is 0 Å². The van der Waals surface area contributed by atoms with Gasteiger partial charge >= 0.3 is 5.97 Å². The molecule has 0 amide bonds. The summed E-state index contributed by atoms with van der Waals surface area (Å²) in [5, 5.41) is 8.69. The highest BCUT2D eigenvalue weighted by Gasteiger charge is 2.11. The van der Waals surface area contributed by atoms with Crippen LogP contribution in [-0.2, 0) is 4.84 Å². The number of carbonyl (C=O) groups is 1. The number of aromatic nitrogens is 1. The van der Waals surface area contributed by atoms with Gasteiger partial charge in [0.1, 0.15) is 0 Å². The van der Waals surface area contributed by atoms with Crippen molar-refractivity contribution in [3.05, 3.63) is 23.0 Å². The van der Waals surface area contributed by atoms with E-state index in [0.29, 0.717) is 5.69 Å². The Morgan fingerprint density at radius 1 is 1.77 bits per heavy atom. The van der Waals surface area contributed by atoms with Gasteiger partial charge in [-0.2, -0.15) is 5.48 Å². The Balaban J connectivity index is 2.98. The highest BCUT2D eigenvalue weighted by atomic mass is 35.5. The predicted octanol–water partition coefficient (Wildman–Crippen LogP) is 0.189. The maximum atomic E-state index is 10.5. The van der Waals surface area contributed by atoms with E-state index < -0.39 is 5.97 Å². The Bertz CT molecular complexity index is 330. The van der Waals surface area contributed by atoms with Crippen LogP contribution in [0.1, 0.15) is 10.5 Å². The van der Waals surface area contributed by atoms with Gasteiger partial charge in [0.2, 0.25) is 0 Å². The van der Waals surface area contributed by atoms with E-state index in [2.05, 4.69) is 4.98 Å². The second-order valence-electron chi connectivity index (χ2n) is 2.26. The molecule has 70 valence electrons. The van der Waals surface area contributed by atoms with E-state index >= 15 is 0 Å². The molecule has 1 heterocycles. The standard InChI is InChI=1S/C7H7ClN2O3/c1-13-10-4-2-5(8)6(7(11)12)9-3-4/h2-3,10H,1H3,(H,11,12)/p+1. The Kier molecular flexibility index (Phi) is 3.18. The molecule has 0 aliphatic heterocycles. The third-order valence-corrected chi connectivity index (χ3v) is 1.61. The van der Waals surface area contributed by atoms with Crippen LogP contribution in [0.2, 0.25) is 5.02 Å². The van der Waals surface area contributed by atoms with Crippen LogP contribution in [0.15, 0.2) is 12.3 Å². The number of nitrogens with zero attached hydrogens (tertiary/aromatic N) is 1. The maximum absolute atomic E-state index is 10.5. The summed E-state index contributed by atoms with van der Waals surface area (Å²) in [7, 11) is 1.49. The first-order valence-electron chi connectivity index (χ1n) is 3.40. The molecule has 0 aromatic carbocycles. The number of quaternary nitrogens is 1. The minimum absolute atomic E-state index is 0.0956. The topological polar surface area (TPSA) is 76.0 Å². The van der Waals surface area contributed by atoms with Crippen LogP contribution in [0, 0.1) is 0 Å². The highest BCUT2D eigenvalue weighted by molar-refractivity contribution is 6.33. The normalized spacial score (nSPS) is 10.0. The molecule has 1 aromatic heterocycles. The number of halogens is 1. The SMILES string of the molecule is CO[NH2+]c1cnc(C(=O)O)c(Cl)c1. The van der Waals surface area contributed by atoms with Gasteiger partial charge in [0.25, 0.3) is 0 Å². The second kappa shape index (κ2) is 4.18. The number of hydrogen-bond donors (Lipinski definition) is 2. The Hall–Kier alpha value is -1.17. The molecule has 1 rings (SSSR count). The van der Waals surface area contributed by atoms with Gasteiger partial charge in [-0.1, -0.05) is 11.6 Å². The number of carboxylic acid groups (broad SMARTS) is 1. The Labute approximate surface area is 79.3 Å². The Morgan fingerprint density at radius 3 is 2.92 bits per heavy atom. The lowest BCUT2D eigenvalue weighted by molar-refractivity contribution is -0.830. The van der Waals surface area contributed by atoms with Crippen LogP contribution >= 0.6 is 11.6 Å². The van der Waals surface area contributed by atoms with Gasteiger partial charge in [0.15, 0.2) is 11.4 Å². The van der Waals surface area contributed by atoms with Crippen molar-refractivity contribution in [2.75, 3.05) is 7.11 Å². The largest absolute Gasteiger partial charge is 0.476 e. The van der Waals surface area contributed by atoms with Crippen molar-refractivity contribution >= 4 is 23.3 Å². The quantitative estimate of drug-likeness (QED) is 0.688. The summed E-state index contributed by atoms with van der Waals surface area (Å²) in [6.07, 6.45) is 1.37. The van der Waals surface area contributed by atoms with Crippen LogP contribution in [0.4, 0.5) is 5.69 Å². The zero-order chi connectivity index (χ0) is 9.84. The monoisotopic (exact) mass is 203 g/mol. The first-order chi connectivity index (χ1) is 6.15. The van der Waals surface area contributed by atoms with E-state index in [-0.39, 0.29) is 10.7 Å². The molecule has 0 spiro atoms. The van der Waals surface area contributed by atoms with Crippen LogP contribution in [0.25, 0.3) is 0 Å². The van der Waals surface area contributed by atoms with Crippen molar-refractivity contribution in [1.82, 2.24) is 4.98 Å². The van der Waals surface area contributed by atoms with Gasteiger partial charge in [-0.15, -0.1) is 0 Å². The summed E-state index contributed by atoms with van der Waals surface area (Å²) in [6, 6.07) is 1.47. The molecule has 0 saturated heterocycles. The molecule has 0 unspecified atom stereocenters. The summed E-state index contributed by atoms with van der Waals surface area (Å²) < 4.78 is 0. The number of rotatable bonds is 3. The van der Waals surface area contributed by atoms with Crippen molar-refractivity contribution in [1.29, 1.82) is 0 Å². The molecule has 1 aromatic rings. The summed E-state index contributed by atoms with van der Waals surface area (Å²) in [5.74, 6) is -1.14. The lowest BCUT2D eigenvalue weighted by Gasteiger charge is -1.98. The van der Waals surface area contributed by atoms with Crippen molar-refractivity contribution in [2.45, 2.75) is 0 Å². The van der Waals surface area contributed by atoms with Crippen LogP contribution in [0.3, 0.4) is 0 Å². The fourth-order valence-corrected chi connectivity index (χ4v) is 1.07. The molecule has 13 heavy (non-hydrogen) atoms. The van der Waals surface area contributed by atoms with Gasteiger partial charge in [0.05, 0.1) is 18.3 Å². The second-order valence-corrected chi connectivity index (χ2v) is 2.66. The molecule has 5 nitrogen and oxygen atoms in total. The molecular formula is C7H8ClN2O3+. The van der Waals surface area contributed by atoms with E-state index in [1.165, 1.54) is 24.9 Å². The van der Waals surface area contributed by atoms with Crippen LogP contribution < -0.4 is 5.48 Å². The zero-order valence-electron chi connectivity index (χ0n) is 6.82. The summed E-state index contributed by atoms with van der Waals surface area (Å²) >= 11 is 5.64. The number of carboxylic acids is 1. The number of nitrogens with two attached hydrogens (primary N) is 1. The Morgan fingerprint density at radius 2 is 2.46 bits per heavy atom. The fraction of sp³-hybridized carbons (Fsp3) is 0.143. The predicted molar refractivity (Wildman–Crippen MR) is 44.8 cm³/mol. The van der Waals surface area contributed by atoms with E-state index in [4.69, 9.17) is 21.5 Å². The minimum Gasteiger partial charge on any atom is -0.476 e. The first-order valence-corrected chi connectivity index (χ1v) is 3.78. The van der Waals surface area contributed by atoms with E-state index in [1.807, 2.05) is 0 Å². The first kappa shape index (κ1) is 9.91. The molecule has 0 saturated carbocycles. The zero-order valence-corrected chi connectivity index (χ0v) is 7.58. The van der Waals surface area contributed by atoms with Gasteiger partial charge < -0.3 is 5.11 Å². The molecule has 0 aliphatic rings. The minimum atomic E-state index is -1.14. The average molecular weight is 204 g/mol. The third kappa shape index (κ3) is 2.38. The third-order valence-electron chi connectivity index (χ3n) is 1.32. The smallest absolute Gasteiger partial charge is 0.356 e. The van der Waals surface area contributed by atoms with Gasteiger partial charge in [-0.25, -0.2) is 14.6 Å². The van der Waals surface area contributed by atoms with Crippen molar-refractivity contribution in [3.8, 4) is 0 Å². The van der Waals surface area contributed by atoms with Gasteiger partial charge in [-0.3, -0.25) is 0 Å². The van der Waals surface area contributed by atoms with Gasteiger partial charge in [-0.05, 0) is 0 Å². The molecule has 6 heteroatoms. The fourth-order valence-electron chi connectivity index (χ4n) is 0.811. The molecule has 0 fully saturated rings. The number of hydrogen-bond acceptors (Lipinski definition) is 3. The molecule has 0 aliphatic carbocycles. The number of aromatic carboxylic acids is 1. The summed E-state index contributed by atoms with van der Waals surface area (Å²) in [4.78, 5) is 18.9. The lowest BCUT2D eigenvalue weighted by Crippen LogP contribution is -2.76. The van der Waals surface area contributed by atoms with Crippen molar-refractivity contribution in [3.63, 3.8) is 0 Å². The van der Waals surface area contributed by atoms with Crippen LogP contribution in [0.5, 0.6) is 0 Å². The number of pyridine rings is 1. The van der Waals surface area contributed by atoms with Gasteiger partial charge in [0, 0.05) is 6.07 Å².